The van der Waals surface area contributed by atoms with Crippen LogP contribution in [-0.4, -0.2) is 68.0 Å². The Hall–Kier alpha value is -3.68. The summed E-state index contributed by atoms with van der Waals surface area (Å²) < 4.78 is 16.7. The van der Waals surface area contributed by atoms with E-state index in [9.17, 15) is 9.59 Å². The van der Waals surface area contributed by atoms with Crippen molar-refractivity contribution < 1.29 is 23.8 Å². The molecule has 4 rings (SSSR count). The summed E-state index contributed by atoms with van der Waals surface area (Å²) in [6.07, 6.45) is 7.92. The summed E-state index contributed by atoms with van der Waals surface area (Å²) in [5, 5.41) is 1.11. The molecule has 0 saturated carbocycles. The lowest BCUT2D eigenvalue weighted by Crippen LogP contribution is -2.38. The van der Waals surface area contributed by atoms with Gasteiger partial charge in [0, 0.05) is 43.0 Å². The number of H-pyrrole nitrogens is 1. The van der Waals surface area contributed by atoms with Crippen LogP contribution in [0.1, 0.15) is 17.5 Å². The number of carbonyl (C=O) groups is 2. The highest BCUT2D eigenvalue weighted by atomic mass is 16.5. The second-order valence-electron chi connectivity index (χ2n) is 8.31. The summed E-state index contributed by atoms with van der Waals surface area (Å²) in [6, 6.07) is 13.4. The summed E-state index contributed by atoms with van der Waals surface area (Å²) in [5.74, 6) is 0.787. The molecule has 0 spiro atoms. The SMILES string of the molecule is COc1cc(OCCN2CCOCC2)ccc1C=CC(=O)CC(=O)C=Cc1ccc2cc[nH]c2c1. The average Bonchev–Trinajstić information content (AvgIpc) is 3.35. The molecule has 0 aliphatic carbocycles. The fourth-order valence-electron chi connectivity index (χ4n) is 3.87. The van der Waals surface area contributed by atoms with Gasteiger partial charge in [-0.25, -0.2) is 0 Å². The van der Waals surface area contributed by atoms with Crippen molar-refractivity contribution in [1.82, 2.24) is 9.88 Å². The van der Waals surface area contributed by atoms with E-state index in [0.29, 0.717) is 18.1 Å². The lowest BCUT2D eigenvalue weighted by Gasteiger charge is -2.26. The molecule has 7 nitrogen and oxygen atoms in total. The number of carbonyl (C=O) groups excluding carboxylic acids is 2. The van der Waals surface area contributed by atoms with Gasteiger partial charge in [0.25, 0.3) is 0 Å². The Balaban J connectivity index is 1.27. The number of nitrogens with zero attached hydrogens (tertiary/aromatic N) is 1. The van der Waals surface area contributed by atoms with Crippen LogP contribution in [0.15, 0.2) is 60.8 Å². The van der Waals surface area contributed by atoms with E-state index in [2.05, 4.69) is 9.88 Å². The van der Waals surface area contributed by atoms with Gasteiger partial charge in [0.2, 0.25) is 0 Å². The van der Waals surface area contributed by atoms with Crippen molar-refractivity contribution in [3.05, 3.63) is 71.9 Å². The lowest BCUT2D eigenvalue weighted by molar-refractivity contribution is -0.121. The van der Waals surface area contributed by atoms with Gasteiger partial charge < -0.3 is 19.2 Å². The van der Waals surface area contributed by atoms with Crippen LogP contribution in [0.5, 0.6) is 11.5 Å². The Morgan fingerprint density at radius 3 is 2.63 bits per heavy atom. The van der Waals surface area contributed by atoms with Crippen LogP contribution in [0.2, 0.25) is 0 Å². The van der Waals surface area contributed by atoms with E-state index in [0.717, 1.165) is 54.9 Å². The summed E-state index contributed by atoms with van der Waals surface area (Å²) in [6.45, 7) is 4.79. The van der Waals surface area contributed by atoms with E-state index in [1.165, 1.54) is 12.2 Å². The Morgan fingerprint density at radius 2 is 1.83 bits per heavy atom. The smallest absolute Gasteiger partial charge is 0.163 e. The van der Waals surface area contributed by atoms with E-state index in [1.54, 1.807) is 25.3 Å². The summed E-state index contributed by atoms with van der Waals surface area (Å²) in [5.41, 5.74) is 2.64. The van der Waals surface area contributed by atoms with Crippen molar-refractivity contribution >= 4 is 34.6 Å². The molecule has 0 radical (unpaired) electrons. The zero-order valence-electron chi connectivity index (χ0n) is 19.9. The van der Waals surface area contributed by atoms with Crippen LogP contribution in [-0.2, 0) is 14.3 Å². The molecule has 0 amide bonds. The number of allylic oxidation sites excluding steroid dienone is 2. The minimum absolute atomic E-state index is 0.192. The van der Waals surface area contributed by atoms with Gasteiger partial charge in [0.1, 0.15) is 18.1 Å². The average molecular weight is 475 g/mol. The first kappa shape index (κ1) is 24.4. The number of benzene rings is 2. The van der Waals surface area contributed by atoms with Crippen LogP contribution in [0.3, 0.4) is 0 Å². The number of ether oxygens (including phenoxy) is 3. The summed E-state index contributed by atoms with van der Waals surface area (Å²) >= 11 is 0. The molecule has 0 bridgehead atoms. The van der Waals surface area contributed by atoms with Gasteiger partial charge in [-0.05, 0) is 53.4 Å². The number of nitrogens with one attached hydrogen (secondary N) is 1. The topological polar surface area (TPSA) is 80.9 Å². The molecular weight excluding hydrogens is 444 g/mol. The molecule has 0 unspecified atom stereocenters. The number of aromatic nitrogens is 1. The van der Waals surface area contributed by atoms with Gasteiger partial charge in [0.05, 0.1) is 26.7 Å². The third kappa shape index (κ3) is 7.15. The number of hydrogen-bond acceptors (Lipinski definition) is 6. The molecule has 1 aliphatic rings. The zero-order valence-corrected chi connectivity index (χ0v) is 19.9. The molecule has 2 heterocycles. The van der Waals surface area contributed by atoms with Crippen molar-refractivity contribution in [2.24, 2.45) is 0 Å². The van der Waals surface area contributed by atoms with Crippen molar-refractivity contribution in [2.45, 2.75) is 6.42 Å². The molecule has 1 saturated heterocycles. The van der Waals surface area contributed by atoms with Crippen LogP contribution in [0, 0.1) is 0 Å². The normalized spacial score (nSPS) is 14.7. The van der Waals surface area contributed by atoms with Crippen molar-refractivity contribution in [3.8, 4) is 11.5 Å². The zero-order chi connectivity index (χ0) is 24.5. The molecule has 182 valence electrons. The number of rotatable bonds is 11. The number of morpholine rings is 1. The van der Waals surface area contributed by atoms with Crippen molar-refractivity contribution in [1.29, 1.82) is 0 Å². The maximum Gasteiger partial charge on any atom is 0.163 e. The van der Waals surface area contributed by atoms with Gasteiger partial charge in [0.15, 0.2) is 11.6 Å². The number of hydrogen-bond donors (Lipinski definition) is 1. The summed E-state index contributed by atoms with van der Waals surface area (Å²) in [7, 11) is 1.57. The second-order valence-corrected chi connectivity index (χ2v) is 8.31. The Morgan fingerprint density at radius 1 is 1.03 bits per heavy atom. The maximum absolute atomic E-state index is 12.3. The molecule has 7 heteroatoms. The predicted octanol–water partition coefficient (Wildman–Crippen LogP) is 4.14. The van der Waals surface area contributed by atoms with Crippen LogP contribution in [0.25, 0.3) is 23.1 Å². The molecule has 0 atom stereocenters. The third-order valence-electron chi connectivity index (χ3n) is 5.82. The molecule has 1 fully saturated rings. The lowest BCUT2D eigenvalue weighted by atomic mass is 10.1. The minimum Gasteiger partial charge on any atom is -0.496 e. The molecule has 1 aromatic heterocycles. The van der Waals surface area contributed by atoms with E-state index >= 15 is 0 Å². The monoisotopic (exact) mass is 474 g/mol. The molecular formula is C28H30N2O5. The van der Waals surface area contributed by atoms with Crippen LogP contribution in [0.4, 0.5) is 0 Å². The Labute approximate surface area is 205 Å². The number of fused-ring (bicyclic) bond motifs is 1. The molecule has 2 aromatic carbocycles. The highest BCUT2D eigenvalue weighted by Crippen LogP contribution is 2.26. The van der Waals surface area contributed by atoms with Gasteiger partial charge in [-0.2, -0.15) is 0 Å². The standard InChI is InChI=1S/C28H30N2O5/c1-33-28-20-26(35-17-14-30-12-15-34-16-13-30)9-6-23(28)5-8-25(32)19-24(31)7-3-21-2-4-22-10-11-29-27(22)18-21/h2-11,18,20,29H,12-17,19H2,1H3. The van der Waals surface area contributed by atoms with E-state index in [1.807, 2.05) is 42.6 Å². The van der Waals surface area contributed by atoms with E-state index in [-0.39, 0.29) is 18.0 Å². The first-order valence-electron chi connectivity index (χ1n) is 11.7. The van der Waals surface area contributed by atoms with Gasteiger partial charge in [-0.15, -0.1) is 0 Å². The van der Waals surface area contributed by atoms with Crippen LogP contribution >= 0.6 is 0 Å². The van der Waals surface area contributed by atoms with Crippen LogP contribution < -0.4 is 9.47 Å². The maximum atomic E-state index is 12.3. The second kappa shape index (κ2) is 12.1. The first-order chi connectivity index (χ1) is 17.1. The number of aromatic amines is 1. The van der Waals surface area contributed by atoms with E-state index < -0.39 is 0 Å². The minimum atomic E-state index is -0.271. The largest absolute Gasteiger partial charge is 0.496 e. The Kier molecular flexibility index (Phi) is 8.48. The van der Waals surface area contributed by atoms with Gasteiger partial charge in [-0.3, -0.25) is 14.5 Å². The molecule has 1 N–H and O–H groups in total. The van der Waals surface area contributed by atoms with Crippen molar-refractivity contribution in [2.75, 3.05) is 46.6 Å². The fourth-order valence-corrected chi connectivity index (χ4v) is 3.87. The molecule has 1 aliphatic heterocycles. The Bertz CT molecular complexity index is 1220. The predicted molar refractivity (Wildman–Crippen MR) is 137 cm³/mol. The third-order valence-corrected chi connectivity index (χ3v) is 5.82. The number of ketones is 2. The number of methoxy groups -OCH3 is 1. The molecule has 35 heavy (non-hydrogen) atoms. The van der Waals surface area contributed by atoms with Gasteiger partial charge in [-0.1, -0.05) is 18.2 Å². The van der Waals surface area contributed by atoms with E-state index in [4.69, 9.17) is 14.2 Å². The quantitative estimate of drug-likeness (QED) is 0.332. The first-order valence-corrected chi connectivity index (χ1v) is 11.7. The van der Waals surface area contributed by atoms with Crippen molar-refractivity contribution in [3.63, 3.8) is 0 Å². The highest BCUT2D eigenvalue weighted by Gasteiger charge is 2.11. The molecule has 3 aromatic rings. The fraction of sp³-hybridized carbons (Fsp3) is 0.286. The van der Waals surface area contributed by atoms with Gasteiger partial charge >= 0.3 is 0 Å². The summed E-state index contributed by atoms with van der Waals surface area (Å²) in [4.78, 5) is 30.0. The highest BCUT2D eigenvalue weighted by molar-refractivity contribution is 6.11.